The highest BCUT2D eigenvalue weighted by Crippen LogP contribution is 2.18. The van der Waals surface area contributed by atoms with Gasteiger partial charge in [-0.15, -0.1) is 0 Å². The number of ether oxygens (including phenoxy) is 3. The summed E-state index contributed by atoms with van der Waals surface area (Å²) in [6.07, 6.45) is 3.42. The summed E-state index contributed by atoms with van der Waals surface area (Å²) in [5, 5.41) is 0. The third-order valence-corrected chi connectivity index (χ3v) is 2.15. The van der Waals surface area contributed by atoms with Crippen LogP contribution in [0.2, 0.25) is 0 Å². The van der Waals surface area contributed by atoms with Gasteiger partial charge in [0.2, 0.25) is 0 Å². The third-order valence-electron chi connectivity index (χ3n) is 2.15. The Bertz CT molecular complexity index is 224. The Balaban J connectivity index is 2.44. The molecule has 0 amide bonds. The number of esters is 1. The molecule has 14 heavy (non-hydrogen) atoms. The van der Waals surface area contributed by atoms with Crippen molar-refractivity contribution < 1.29 is 19.0 Å². The lowest BCUT2D eigenvalue weighted by Gasteiger charge is -2.29. The van der Waals surface area contributed by atoms with E-state index in [-0.39, 0.29) is 30.9 Å². The van der Waals surface area contributed by atoms with E-state index in [0.717, 1.165) is 0 Å². The number of rotatable bonds is 3. The van der Waals surface area contributed by atoms with E-state index in [1.54, 1.807) is 7.11 Å². The van der Waals surface area contributed by atoms with Crippen molar-refractivity contribution >= 4 is 5.97 Å². The van der Waals surface area contributed by atoms with Crippen LogP contribution in [0.25, 0.3) is 0 Å². The Hall–Kier alpha value is -0.870. The van der Waals surface area contributed by atoms with Crippen LogP contribution in [-0.4, -0.2) is 32.1 Å². The number of carbonyl (C=O) groups is 1. The zero-order valence-electron chi connectivity index (χ0n) is 8.73. The van der Waals surface area contributed by atoms with Crippen LogP contribution in [0.5, 0.6) is 0 Å². The molecule has 1 heterocycles. The largest absolute Gasteiger partial charge is 0.463 e. The minimum Gasteiger partial charge on any atom is -0.463 e. The van der Waals surface area contributed by atoms with E-state index in [1.807, 2.05) is 19.1 Å². The van der Waals surface area contributed by atoms with Crippen molar-refractivity contribution in [2.45, 2.75) is 26.2 Å². The molecular formula is C10H16O4. The monoisotopic (exact) mass is 200 g/mol. The van der Waals surface area contributed by atoms with E-state index in [4.69, 9.17) is 14.2 Å². The summed E-state index contributed by atoms with van der Waals surface area (Å²) >= 11 is 0. The standard InChI is InChI=1S/C10H16O4/c1-7-4-5-10(12-3)14-9(7)6-13-8(2)11/h4-5,7,9-10H,6H2,1-3H3/t7-,9+,10?/m0/s1. The van der Waals surface area contributed by atoms with Crippen molar-refractivity contribution in [3.8, 4) is 0 Å². The van der Waals surface area contributed by atoms with Gasteiger partial charge in [0.1, 0.15) is 12.7 Å². The molecule has 0 aromatic rings. The maximum atomic E-state index is 10.6. The van der Waals surface area contributed by atoms with Gasteiger partial charge in [0.15, 0.2) is 6.29 Å². The van der Waals surface area contributed by atoms with E-state index < -0.39 is 0 Å². The smallest absolute Gasteiger partial charge is 0.302 e. The molecule has 3 atom stereocenters. The quantitative estimate of drug-likeness (QED) is 0.505. The predicted octanol–water partition coefficient (Wildman–Crippen LogP) is 1.11. The Labute approximate surface area is 83.8 Å². The Morgan fingerprint density at radius 1 is 1.50 bits per heavy atom. The first-order chi connectivity index (χ1) is 6.63. The van der Waals surface area contributed by atoms with E-state index in [0.29, 0.717) is 0 Å². The molecule has 0 N–H and O–H groups in total. The van der Waals surface area contributed by atoms with Crippen LogP contribution in [-0.2, 0) is 19.0 Å². The zero-order valence-corrected chi connectivity index (χ0v) is 8.73. The Morgan fingerprint density at radius 2 is 2.21 bits per heavy atom. The molecule has 0 aliphatic carbocycles. The van der Waals surface area contributed by atoms with Crippen molar-refractivity contribution in [2.75, 3.05) is 13.7 Å². The van der Waals surface area contributed by atoms with Crippen LogP contribution >= 0.6 is 0 Å². The molecule has 0 saturated heterocycles. The lowest BCUT2D eigenvalue weighted by atomic mass is 10.0. The minimum absolute atomic E-state index is 0.117. The van der Waals surface area contributed by atoms with Gasteiger partial charge in [-0.05, 0) is 6.08 Å². The molecular weight excluding hydrogens is 184 g/mol. The molecule has 0 aromatic carbocycles. The molecule has 4 heteroatoms. The van der Waals surface area contributed by atoms with Gasteiger partial charge >= 0.3 is 5.97 Å². The highest BCUT2D eigenvalue weighted by molar-refractivity contribution is 5.65. The van der Waals surface area contributed by atoms with Gasteiger partial charge in [0, 0.05) is 20.0 Å². The summed E-state index contributed by atoms with van der Waals surface area (Å²) in [4.78, 5) is 10.6. The van der Waals surface area contributed by atoms with Crippen LogP contribution < -0.4 is 0 Å². The van der Waals surface area contributed by atoms with Gasteiger partial charge in [0.05, 0.1) is 0 Å². The second-order valence-corrected chi connectivity index (χ2v) is 3.33. The topological polar surface area (TPSA) is 44.8 Å². The summed E-state index contributed by atoms with van der Waals surface area (Å²) in [7, 11) is 1.58. The lowest BCUT2D eigenvalue weighted by Crippen LogP contribution is -2.35. The van der Waals surface area contributed by atoms with Crippen LogP contribution in [0.1, 0.15) is 13.8 Å². The molecule has 0 saturated carbocycles. The SMILES string of the molecule is COC1C=C[C@H](C)[C@@H](COC(C)=O)O1. The van der Waals surface area contributed by atoms with Gasteiger partial charge in [-0.2, -0.15) is 0 Å². The maximum absolute atomic E-state index is 10.6. The van der Waals surface area contributed by atoms with Crippen molar-refractivity contribution in [3.63, 3.8) is 0 Å². The second kappa shape index (κ2) is 5.12. The molecule has 1 unspecified atom stereocenters. The molecule has 1 aliphatic heterocycles. The van der Waals surface area contributed by atoms with Gasteiger partial charge in [-0.25, -0.2) is 0 Å². The fourth-order valence-corrected chi connectivity index (χ4v) is 1.26. The molecule has 0 radical (unpaired) electrons. The van der Waals surface area contributed by atoms with Crippen molar-refractivity contribution in [2.24, 2.45) is 5.92 Å². The fraction of sp³-hybridized carbons (Fsp3) is 0.700. The molecule has 0 bridgehead atoms. The summed E-state index contributed by atoms with van der Waals surface area (Å²) < 4.78 is 15.4. The fourth-order valence-electron chi connectivity index (χ4n) is 1.26. The van der Waals surface area contributed by atoms with E-state index in [9.17, 15) is 4.79 Å². The highest BCUT2D eigenvalue weighted by atomic mass is 16.7. The molecule has 0 spiro atoms. The first-order valence-corrected chi connectivity index (χ1v) is 4.63. The van der Waals surface area contributed by atoms with Crippen LogP contribution in [0.15, 0.2) is 12.2 Å². The first kappa shape index (κ1) is 11.2. The Kier molecular flexibility index (Phi) is 4.10. The average Bonchev–Trinajstić information content (AvgIpc) is 2.16. The maximum Gasteiger partial charge on any atom is 0.302 e. The van der Waals surface area contributed by atoms with Crippen LogP contribution in [0, 0.1) is 5.92 Å². The summed E-state index contributed by atoms with van der Waals surface area (Å²) in [6, 6.07) is 0. The van der Waals surface area contributed by atoms with Gasteiger partial charge in [-0.3, -0.25) is 4.79 Å². The number of methoxy groups -OCH3 is 1. The molecule has 0 fully saturated rings. The summed E-state index contributed by atoms with van der Waals surface area (Å²) in [5.74, 6) is -0.0509. The first-order valence-electron chi connectivity index (χ1n) is 4.63. The number of hydrogen-bond donors (Lipinski definition) is 0. The van der Waals surface area contributed by atoms with E-state index in [2.05, 4.69) is 0 Å². The summed E-state index contributed by atoms with van der Waals surface area (Å²) in [5.41, 5.74) is 0. The lowest BCUT2D eigenvalue weighted by molar-refractivity contribution is -0.169. The van der Waals surface area contributed by atoms with Crippen molar-refractivity contribution in [1.82, 2.24) is 0 Å². The Morgan fingerprint density at radius 3 is 2.79 bits per heavy atom. The second-order valence-electron chi connectivity index (χ2n) is 3.33. The molecule has 4 nitrogen and oxygen atoms in total. The van der Waals surface area contributed by atoms with Crippen LogP contribution in [0.4, 0.5) is 0 Å². The number of hydrogen-bond acceptors (Lipinski definition) is 4. The molecule has 0 aromatic heterocycles. The normalized spacial score (nSPS) is 31.5. The van der Waals surface area contributed by atoms with E-state index >= 15 is 0 Å². The van der Waals surface area contributed by atoms with Crippen molar-refractivity contribution in [3.05, 3.63) is 12.2 Å². The highest BCUT2D eigenvalue weighted by Gasteiger charge is 2.24. The van der Waals surface area contributed by atoms with Gasteiger partial charge < -0.3 is 14.2 Å². The van der Waals surface area contributed by atoms with Gasteiger partial charge in [-0.1, -0.05) is 13.0 Å². The van der Waals surface area contributed by atoms with Crippen LogP contribution in [0.3, 0.4) is 0 Å². The molecule has 1 rings (SSSR count). The minimum atomic E-state index is -0.327. The predicted molar refractivity (Wildman–Crippen MR) is 50.6 cm³/mol. The summed E-state index contributed by atoms with van der Waals surface area (Å²) in [6.45, 7) is 3.67. The molecule has 80 valence electrons. The van der Waals surface area contributed by atoms with Crippen molar-refractivity contribution in [1.29, 1.82) is 0 Å². The number of carbonyl (C=O) groups excluding carboxylic acids is 1. The zero-order chi connectivity index (χ0) is 10.6. The van der Waals surface area contributed by atoms with E-state index in [1.165, 1.54) is 6.92 Å². The molecule has 1 aliphatic rings. The average molecular weight is 200 g/mol. The van der Waals surface area contributed by atoms with Gasteiger partial charge in [0.25, 0.3) is 0 Å². The third kappa shape index (κ3) is 3.12.